The van der Waals surface area contributed by atoms with Crippen LogP contribution >= 0.6 is 11.6 Å². The van der Waals surface area contributed by atoms with E-state index in [1.165, 1.54) is 33.5 Å². The number of quaternary nitrogens is 1. The van der Waals surface area contributed by atoms with Gasteiger partial charge in [0.1, 0.15) is 12.4 Å². The highest BCUT2D eigenvalue weighted by Gasteiger charge is 2.30. The largest absolute Gasteiger partial charge is 0.329 e. The lowest BCUT2D eigenvalue weighted by atomic mass is 10.2. The fraction of sp³-hybridized carbons (Fsp3) is 0.294. The molecule has 128 valence electrons. The molecule has 0 amide bonds. The van der Waals surface area contributed by atoms with Crippen molar-refractivity contribution in [2.24, 2.45) is 0 Å². The second kappa shape index (κ2) is 7.19. The van der Waals surface area contributed by atoms with Gasteiger partial charge in [-0.2, -0.15) is 4.31 Å². The summed E-state index contributed by atoms with van der Waals surface area (Å²) < 4.78 is 39.6. The van der Waals surface area contributed by atoms with Gasteiger partial charge in [0.15, 0.2) is 0 Å². The summed E-state index contributed by atoms with van der Waals surface area (Å²) in [6.45, 7) is 3.19. The van der Waals surface area contributed by atoms with Crippen molar-refractivity contribution in [3.05, 3.63) is 64.9 Å². The molecular weight excluding hydrogens is 351 g/mol. The fourth-order valence-electron chi connectivity index (χ4n) is 2.91. The number of benzene rings is 2. The molecule has 1 heterocycles. The molecule has 0 unspecified atom stereocenters. The van der Waals surface area contributed by atoms with E-state index in [-0.39, 0.29) is 4.90 Å². The van der Waals surface area contributed by atoms with Crippen LogP contribution < -0.4 is 4.90 Å². The number of sulfonamides is 1. The second-order valence-corrected chi connectivity index (χ2v) is 8.29. The number of hydrogen-bond donors (Lipinski definition) is 1. The predicted octanol–water partition coefficient (Wildman–Crippen LogP) is 1.57. The third kappa shape index (κ3) is 3.95. The highest BCUT2D eigenvalue weighted by Crippen LogP contribution is 2.16. The van der Waals surface area contributed by atoms with Crippen molar-refractivity contribution in [3.8, 4) is 0 Å². The molecule has 0 saturated carbocycles. The van der Waals surface area contributed by atoms with Crippen LogP contribution in [0.5, 0.6) is 0 Å². The Labute approximate surface area is 146 Å². The minimum Gasteiger partial charge on any atom is -0.329 e. The van der Waals surface area contributed by atoms with E-state index in [4.69, 9.17) is 11.6 Å². The molecule has 3 rings (SSSR count). The van der Waals surface area contributed by atoms with Crippen LogP contribution in [0, 0.1) is 5.82 Å². The van der Waals surface area contributed by atoms with E-state index in [0.29, 0.717) is 18.1 Å². The molecule has 0 aromatic heterocycles. The minimum atomic E-state index is -3.55. The average molecular weight is 370 g/mol. The molecule has 2 aromatic rings. The molecule has 0 atom stereocenters. The summed E-state index contributed by atoms with van der Waals surface area (Å²) in [4.78, 5) is 1.46. The van der Waals surface area contributed by atoms with E-state index in [2.05, 4.69) is 0 Å². The van der Waals surface area contributed by atoms with Gasteiger partial charge in [-0.05, 0) is 36.4 Å². The summed E-state index contributed by atoms with van der Waals surface area (Å²) in [6, 6.07) is 12.7. The zero-order valence-corrected chi connectivity index (χ0v) is 14.7. The van der Waals surface area contributed by atoms with Crippen molar-refractivity contribution in [2.45, 2.75) is 11.4 Å². The van der Waals surface area contributed by atoms with Gasteiger partial charge in [-0.25, -0.2) is 12.8 Å². The molecule has 1 aliphatic rings. The van der Waals surface area contributed by atoms with Gasteiger partial charge in [0.25, 0.3) is 0 Å². The van der Waals surface area contributed by atoms with E-state index in [0.717, 1.165) is 25.2 Å². The van der Waals surface area contributed by atoms with Crippen molar-refractivity contribution in [1.29, 1.82) is 0 Å². The topological polar surface area (TPSA) is 41.8 Å². The van der Waals surface area contributed by atoms with Crippen molar-refractivity contribution in [2.75, 3.05) is 26.2 Å². The van der Waals surface area contributed by atoms with Gasteiger partial charge in [0.05, 0.1) is 31.1 Å². The highest BCUT2D eigenvalue weighted by atomic mass is 35.5. The molecule has 2 aromatic carbocycles. The molecule has 4 nitrogen and oxygen atoms in total. The Morgan fingerprint density at radius 3 is 2.38 bits per heavy atom. The maximum Gasteiger partial charge on any atom is 0.243 e. The first kappa shape index (κ1) is 17.4. The van der Waals surface area contributed by atoms with E-state index in [9.17, 15) is 12.8 Å². The van der Waals surface area contributed by atoms with Crippen molar-refractivity contribution in [1.82, 2.24) is 4.31 Å². The predicted molar refractivity (Wildman–Crippen MR) is 91.0 cm³/mol. The number of nitrogens with zero attached hydrogens (tertiary/aromatic N) is 1. The van der Waals surface area contributed by atoms with Crippen molar-refractivity contribution >= 4 is 21.6 Å². The fourth-order valence-corrected chi connectivity index (χ4v) is 4.57. The summed E-state index contributed by atoms with van der Waals surface area (Å²) >= 11 is 6.00. The monoisotopic (exact) mass is 369 g/mol. The van der Waals surface area contributed by atoms with Crippen LogP contribution in [0.1, 0.15) is 5.56 Å². The van der Waals surface area contributed by atoms with Gasteiger partial charge in [-0.3, -0.25) is 0 Å². The summed E-state index contributed by atoms with van der Waals surface area (Å²) in [5, 5.41) is 0.712. The van der Waals surface area contributed by atoms with E-state index < -0.39 is 15.8 Å². The van der Waals surface area contributed by atoms with Crippen LogP contribution in [0.25, 0.3) is 0 Å². The molecule has 24 heavy (non-hydrogen) atoms. The van der Waals surface area contributed by atoms with Gasteiger partial charge in [-0.1, -0.05) is 23.7 Å². The first-order chi connectivity index (χ1) is 11.4. The molecule has 7 heteroatoms. The average Bonchev–Trinajstić information content (AvgIpc) is 2.56. The molecule has 0 aliphatic carbocycles. The Kier molecular flexibility index (Phi) is 5.20. The number of nitrogens with one attached hydrogen (secondary N) is 1. The highest BCUT2D eigenvalue weighted by molar-refractivity contribution is 7.89. The molecule has 1 fully saturated rings. The first-order valence-corrected chi connectivity index (χ1v) is 9.61. The SMILES string of the molecule is O=S(=O)(c1ccc(F)cc1)N1CC[NH+](Cc2cccc(Cl)c2)CC1. The Bertz CT molecular complexity index is 804. The van der Waals surface area contributed by atoms with Crippen LogP contribution in [0.2, 0.25) is 5.02 Å². The van der Waals surface area contributed by atoms with Crippen LogP contribution in [0.15, 0.2) is 53.4 Å². The van der Waals surface area contributed by atoms with E-state index in [1.54, 1.807) is 0 Å². The van der Waals surface area contributed by atoms with Gasteiger partial charge in [0.2, 0.25) is 10.0 Å². The normalized spacial score (nSPS) is 17.1. The Balaban J connectivity index is 1.63. The number of hydrogen-bond acceptors (Lipinski definition) is 2. The Morgan fingerprint density at radius 2 is 1.75 bits per heavy atom. The van der Waals surface area contributed by atoms with Crippen molar-refractivity contribution in [3.63, 3.8) is 0 Å². The summed E-state index contributed by atoms with van der Waals surface area (Å²) in [5.41, 5.74) is 1.15. The molecule has 0 bridgehead atoms. The summed E-state index contributed by atoms with van der Waals surface area (Å²) in [5.74, 6) is -0.440. The molecule has 1 N–H and O–H groups in total. The lowest BCUT2D eigenvalue weighted by Crippen LogP contribution is -3.13. The molecule has 0 spiro atoms. The Morgan fingerprint density at radius 1 is 1.08 bits per heavy atom. The van der Waals surface area contributed by atoms with Gasteiger partial charge >= 0.3 is 0 Å². The lowest BCUT2D eigenvalue weighted by Gasteiger charge is -2.31. The molecular formula is C17H19ClFN2O2S+. The van der Waals surface area contributed by atoms with Crippen molar-refractivity contribution < 1.29 is 17.7 Å². The first-order valence-electron chi connectivity index (χ1n) is 7.79. The molecule has 0 radical (unpaired) electrons. The third-order valence-electron chi connectivity index (χ3n) is 4.22. The Hall–Kier alpha value is -1.47. The van der Waals surface area contributed by atoms with Crippen LogP contribution in [-0.2, 0) is 16.6 Å². The van der Waals surface area contributed by atoms with Gasteiger partial charge in [0, 0.05) is 10.6 Å². The minimum absolute atomic E-state index is 0.141. The van der Waals surface area contributed by atoms with Crippen LogP contribution in [0.4, 0.5) is 4.39 Å². The quantitative estimate of drug-likeness (QED) is 0.888. The van der Waals surface area contributed by atoms with Crippen LogP contribution in [-0.4, -0.2) is 38.9 Å². The number of halogens is 2. The zero-order chi connectivity index (χ0) is 17.2. The van der Waals surface area contributed by atoms with Gasteiger partial charge < -0.3 is 4.90 Å². The maximum atomic E-state index is 13.0. The third-order valence-corrected chi connectivity index (χ3v) is 6.37. The molecule has 1 aliphatic heterocycles. The van der Waals surface area contributed by atoms with E-state index in [1.807, 2.05) is 24.3 Å². The summed E-state index contributed by atoms with van der Waals surface area (Å²) in [7, 11) is -3.55. The standard InChI is InChI=1S/C17H18ClFN2O2S/c18-15-3-1-2-14(12-15)13-20-8-10-21(11-9-20)24(22,23)17-6-4-16(19)5-7-17/h1-7,12H,8-11,13H2/p+1. The smallest absolute Gasteiger partial charge is 0.243 e. The second-order valence-electron chi connectivity index (χ2n) is 5.91. The maximum absolute atomic E-state index is 13.0. The summed E-state index contributed by atoms with van der Waals surface area (Å²) in [6.07, 6.45) is 0. The van der Waals surface area contributed by atoms with E-state index >= 15 is 0 Å². The lowest BCUT2D eigenvalue weighted by molar-refractivity contribution is -0.917. The number of piperazine rings is 1. The van der Waals surface area contributed by atoms with Crippen LogP contribution in [0.3, 0.4) is 0 Å². The molecule has 1 saturated heterocycles. The zero-order valence-electron chi connectivity index (χ0n) is 13.1. The van der Waals surface area contributed by atoms with Gasteiger partial charge in [-0.15, -0.1) is 0 Å². The number of rotatable bonds is 4.